The van der Waals surface area contributed by atoms with Crippen LogP contribution in [-0.2, 0) is 0 Å². The van der Waals surface area contributed by atoms with Gasteiger partial charge in [0.1, 0.15) is 13.2 Å². The van der Waals surface area contributed by atoms with Crippen molar-refractivity contribution in [3.63, 3.8) is 0 Å². The quantitative estimate of drug-likeness (QED) is 0.851. The summed E-state index contributed by atoms with van der Waals surface area (Å²) in [6.45, 7) is 9.09. The van der Waals surface area contributed by atoms with E-state index in [-0.39, 0.29) is 17.4 Å². The Balaban J connectivity index is 2.15. The lowest BCUT2D eigenvalue weighted by Gasteiger charge is -2.25. The lowest BCUT2D eigenvalue weighted by Crippen LogP contribution is -2.46. The molecule has 0 radical (unpaired) electrons. The van der Waals surface area contributed by atoms with Crippen LogP contribution in [0.5, 0.6) is 11.5 Å². The molecule has 0 saturated carbocycles. The highest BCUT2D eigenvalue weighted by molar-refractivity contribution is 6.00. The topological polar surface area (TPSA) is 47.6 Å². The summed E-state index contributed by atoms with van der Waals surface area (Å²) in [7, 11) is 0. The van der Waals surface area contributed by atoms with E-state index in [4.69, 9.17) is 9.47 Å². The van der Waals surface area contributed by atoms with Crippen molar-refractivity contribution in [2.24, 2.45) is 0 Å². The molecule has 0 fully saturated rings. The Morgan fingerprint density at radius 2 is 1.84 bits per heavy atom. The molecule has 1 N–H and O–H groups in total. The van der Waals surface area contributed by atoms with Crippen LogP contribution in [0, 0.1) is 0 Å². The van der Waals surface area contributed by atoms with Crippen LogP contribution in [0.15, 0.2) is 18.2 Å². The number of rotatable bonds is 3. The van der Waals surface area contributed by atoms with Crippen LogP contribution < -0.4 is 14.8 Å². The second-order valence-corrected chi connectivity index (χ2v) is 5.84. The first-order valence-corrected chi connectivity index (χ1v) is 6.58. The first-order valence-electron chi connectivity index (χ1n) is 6.58. The van der Waals surface area contributed by atoms with Crippen molar-refractivity contribution < 1.29 is 14.3 Å². The van der Waals surface area contributed by atoms with Gasteiger partial charge in [0, 0.05) is 11.1 Å². The van der Waals surface area contributed by atoms with Crippen LogP contribution in [-0.4, -0.2) is 30.6 Å². The summed E-state index contributed by atoms with van der Waals surface area (Å²) >= 11 is 0. The van der Waals surface area contributed by atoms with Crippen LogP contribution in [0.25, 0.3) is 0 Å². The zero-order valence-electron chi connectivity index (χ0n) is 11.9. The zero-order chi connectivity index (χ0) is 14.0. The lowest BCUT2D eigenvalue weighted by molar-refractivity contribution is 0.0934. The maximum Gasteiger partial charge on any atom is 0.179 e. The van der Waals surface area contributed by atoms with E-state index in [1.54, 1.807) is 18.2 Å². The van der Waals surface area contributed by atoms with Crippen molar-refractivity contribution in [2.45, 2.75) is 39.3 Å². The van der Waals surface area contributed by atoms with Gasteiger partial charge in [0.2, 0.25) is 0 Å². The van der Waals surface area contributed by atoms with Gasteiger partial charge in [0.05, 0.1) is 6.04 Å². The van der Waals surface area contributed by atoms with Gasteiger partial charge in [-0.15, -0.1) is 0 Å². The van der Waals surface area contributed by atoms with Crippen LogP contribution in [0.3, 0.4) is 0 Å². The Hall–Kier alpha value is -1.55. The molecule has 0 amide bonds. The lowest BCUT2D eigenvalue weighted by atomic mass is 10.0. The number of nitrogens with one attached hydrogen (secondary N) is 1. The maximum absolute atomic E-state index is 12.3. The Kier molecular flexibility index (Phi) is 3.80. The minimum atomic E-state index is -0.234. The molecule has 0 aliphatic carbocycles. The largest absolute Gasteiger partial charge is 0.486 e. The Labute approximate surface area is 114 Å². The van der Waals surface area contributed by atoms with Crippen LogP contribution in [0.2, 0.25) is 0 Å². The first-order chi connectivity index (χ1) is 8.87. The summed E-state index contributed by atoms with van der Waals surface area (Å²) in [5.74, 6) is 1.42. The van der Waals surface area contributed by atoms with E-state index >= 15 is 0 Å². The standard InChI is InChI=1S/C15H21NO3/c1-10(16-15(2,3)4)14(17)11-5-6-12-13(9-11)19-8-7-18-12/h5-6,9-10,16H,7-8H2,1-4H3. The van der Waals surface area contributed by atoms with Crippen molar-refractivity contribution in [3.8, 4) is 11.5 Å². The molecule has 1 atom stereocenters. The van der Waals surface area contributed by atoms with E-state index in [1.807, 2.05) is 27.7 Å². The van der Waals surface area contributed by atoms with Gasteiger partial charge in [-0.1, -0.05) is 0 Å². The number of carbonyl (C=O) groups is 1. The van der Waals surface area contributed by atoms with E-state index in [2.05, 4.69) is 5.32 Å². The summed E-state index contributed by atoms with van der Waals surface area (Å²) in [5.41, 5.74) is 0.552. The molecule has 4 nitrogen and oxygen atoms in total. The van der Waals surface area contributed by atoms with Crippen molar-refractivity contribution in [3.05, 3.63) is 23.8 Å². The SMILES string of the molecule is CC(NC(C)(C)C)C(=O)c1ccc2c(c1)OCCO2. The second-order valence-electron chi connectivity index (χ2n) is 5.84. The fourth-order valence-corrected chi connectivity index (χ4v) is 2.16. The van der Waals surface area contributed by atoms with Crippen LogP contribution >= 0.6 is 0 Å². The number of ketones is 1. The van der Waals surface area contributed by atoms with E-state index in [1.165, 1.54) is 0 Å². The maximum atomic E-state index is 12.3. The highest BCUT2D eigenvalue weighted by Gasteiger charge is 2.22. The van der Waals surface area contributed by atoms with Gasteiger partial charge < -0.3 is 14.8 Å². The van der Waals surface area contributed by atoms with E-state index in [9.17, 15) is 4.79 Å². The molecule has 1 unspecified atom stereocenters. The number of hydrogen-bond donors (Lipinski definition) is 1. The predicted molar refractivity (Wildman–Crippen MR) is 74.1 cm³/mol. The molecule has 1 aromatic carbocycles. The molecule has 1 heterocycles. The van der Waals surface area contributed by atoms with Gasteiger partial charge >= 0.3 is 0 Å². The van der Waals surface area contributed by atoms with Crippen LogP contribution in [0.4, 0.5) is 0 Å². The molecule has 104 valence electrons. The Morgan fingerprint density at radius 1 is 1.21 bits per heavy atom. The summed E-state index contributed by atoms with van der Waals surface area (Å²) in [4.78, 5) is 12.3. The second kappa shape index (κ2) is 5.21. The summed E-state index contributed by atoms with van der Waals surface area (Å²) < 4.78 is 10.9. The van der Waals surface area contributed by atoms with E-state index < -0.39 is 0 Å². The molecule has 1 aliphatic heterocycles. The summed E-state index contributed by atoms with van der Waals surface area (Å²) in [5, 5.41) is 3.28. The van der Waals surface area contributed by atoms with Crippen LogP contribution in [0.1, 0.15) is 38.1 Å². The van der Waals surface area contributed by atoms with Crippen molar-refractivity contribution >= 4 is 5.78 Å². The summed E-state index contributed by atoms with van der Waals surface area (Å²) in [6, 6.07) is 5.11. The molecule has 1 aliphatic rings. The van der Waals surface area contributed by atoms with Crippen molar-refractivity contribution in [1.29, 1.82) is 0 Å². The smallest absolute Gasteiger partial charge is 0.179 e. The van der Waals surface area contributed by atoms with Gasteiger partial charge in [0.25, 0.3) is 0 Å². The fourth-order valence-electron chi connectivity index (χ4n) is 2.16. The molecule has 1 aromatic rings. The third-order valence-corrected chi connectivity index (χ3v) is 2.87. The Morgan fingerprint density at radius 3 is 2.47 bits per heavy atom. The van der Waals surface area contributed by atoms with Gasteiger partial charge in [-0.2, -0.15) is 0 Å². The fraction of sp³-hybridized carbons (Fsp3) is 0.533. The highest BCUT2D eigenvalue weighted by atomic mass is 16.6. The number of benzene rings is 1. The summed E-state index contributed by atoms with van der Waals surface area (Å²) in [6.07, 6.45) is 0. The molecule has 0 bridgehead atoms. The molecule has 0 saturated heterocycles. The molecule has 0 spiro atoms. The third kappa shape index (κ3) is 3.47. The number of ether oxygens (including phenoxy) is 2. The predicted octanol–water partition coefficient (Wildman–Crippen LogP) is 2.42. The van der Waals surface area contributed by atoms with Crippen molar-refractivity contribution in [2.75, 3.05) is 13.2 Å². The van der Waals surface area contributed by atoms with Gasteiger partial charge in [0.15, 0.2) is 17.3 Å². The van der Waals surface area contributed by atoms with Gasteiger partial charge in [-0.05, 0) is 45.9 Å². The number of Topliss-reactive ketones (excluding diaryl/α,β-unsaturated/α-hetero) is 1. The first kappa shape index (κ1) is 13.9. The number of carbonyl (C=O) groups excluding carboxylic acids is 1. The monoisotopic (exact) mass is 263 g/mol. The van der Waals surface area contributed by atoms with Gasteiger partial charge in [-0.3, -0.25) is 4.79 Å². The average molecular weight is 263 g/mol. The van der Waals surface area contributed by atoms with E-state index in [0.29, 0.717) is 30.3 Å². The number of hydrogen-bond acceptors (Lipinski definition) is 4. The number of fused-ring (bicyclic) bond motifs is 1. The van der Waals surface area contributed by atoms with Crippen molar-refractivity contribution in [1.82, 2.24) is 5.32 Å². The highest BCUT2D eigenvalue weighted by Crippen LogP contribution is 2.31. The third-order valence-electron chi connectivity index (χ3n) is 2.87. The normalized spacial score (nSPS) is 16.0. The van der Waals surface area contributed by atoms with E-state index in [0.717, 1.165) is 0 Å². The molecular formula is C15H21NO3. The average Bonchev–Trinajstić information content (AvgIpc) is 2.35. The molecule has 0 aromatic heterocycles. The molecule has 2 rings (SSSR count). The van der Waals surface area contributed by atoms with Gasteiger partial charge in [-0.25, -0.2) is 0 Å². The Bertz CT molecular complexity index is 477. The molecule has 4 heteroatoms. The molecule has 19 heavy (non-hydrogen) atoms. The minimum Gasteiger partial charge on any atom is -0.486 e. The minimum absolute atomic E-state index is 0.0619. The zero-order valence-corrected chi connectivity index (χ0v) is 11.9. The molecular weight excluding hydrogens is 242 g/mol.